The quantitative estimate of drug-likeness (QED) is 0.202. The minimum Gasteiger partial charge on any atom is -0.456 e. The normalized spacial score (nSPS) is 12.3. The molecule has 0 aliphatic carbocycles. The number of aromatic nitrogens is 3. The Morgan fingerprint density at radius 1 is 0.478 bits per heavy atom. The van der Waals surface area contributed by atoms with E-state index in [0.29, 0.717) is 0 Å². The molecule has 0 aliphatic heterocycles. The SMILES string of the molecule is c1cc(-c2c3ccccc3n3c2cnc2ccccc23)cc(-n2c3cc4c(cc3c3c5ccccc5oc32)oc2ccccc24)c1. The Labute approximate surface area is 261 Å². The molecule has 5 nitrogen and oxygen atoms in total. The second kappa shape index (κ2) is 8.65. The van der Waals surface area contributed by atoms with Gasteiger partial charge < -0.3 is 13.2 Å². The van der Waals surface area contributed by atoms with Gasteiger partial charge >= 0.3 is 0 Å². The topological polar surface area (TPSA) is 48.5 Å². The van der Waals surface area contributed by atoms with E-state index >= 15 is 0 Å². The third-order valence-corrected chi connectivity index (χ3v) is 9.54. The summed E-state index contributed by atoms with van der Waals surface area (Å²) in [7, 11) is 0. The minimum absolute atomic E-state index is 0.824. The summed E-state index contributed by atoms with van der Waals surface area (Å²) in [5.41, 5.74) is 12.2. The summed E-state index contributed by atoms with van der Waals surface area (Å²) in [5, 5.41) is 6.67. The van der Waals surface area contributed by atoms with E-state index in [-0.39, 0.29) is 0 Å². The number of nitrogens with zero attached hydrogens (tertiary/aromatic N) is 3. The van der Waals surface area contributed by atoms with Gasteiger partial charge in [-0.3, -0.25) is 9.55 Å². The lowest BCUT2D eigenvalue weighted by atomic mass is 10.0. The van der Waals surface area contributed by atoms with Crippen LogP contribution in [0.4, 0.5) is 0 Å². The molecule has 0 atom stereocenters. The lowest BCUT2D eigenvalue weighted by Crippen LogP contribution is -1.94. The molecule has 0 unspecified atom stereocenters. The maximum Gasteiger partial charge on any atom is 0.213 e. The van der Waals surface area contributed by atoms with E-state index in [1.807, 2.05) is 36.5 Å². The molecule has 214 valence electrons. The van der Waals surface area contributed by atoms with Gasteiger partial charge in [-0.15, -0.1) is 0 Å². The first-order valence-corrected chi connectivity index (χ1v) is 15.5. The Morgan fingerprint density at radius 2 is 1.22 bits per heavy atom. The van der Waals surface area contributed by atoms with Crippen LogP contribution < -0.4 is 0 Å². The van der Waals surface area contributed by atoms with Crippen molar-refractivity contribution in [2.75, 3.05) is 0 Å². The summed E-state index contributed by atoms with van der Waals surface area (Å²) in [6, 6.07) is 46.7. The summed E-state index contributed by atoms with van der Waals surface area (Å²) < 4.78 is 17.6. The summed E-state index contributed by atoms with van der Waals surface area (Å²) >= 11 is 0. The van der Waals surface area contributed by atoms with Gasteiger partial charge in [0, 0.05) is 38.2 Å². The zero-order valence-corrected chi connectivity index (χ0v) is 24.4. The largest absolute Gasteiger partial charge is 0.456 e. The Bertz CT molecular complexity index is 3040. The maximum absolute atomic E-state index is 6.65. The number of furan rings is 2. The van der Waals surface area contributed by atoms with Crippen LogP contribution in [0.25, 0.3) is 99.2 Å². The van der Waals surface area contributed by atoms with Gasteiger partial charge in [-0.1, -0.05) is 78.9 Å². The predicted octanol–water partition coefficient (Wildman–Crippen LogP) is 11.1. The molecule has 0 spiro atoms. The van der Waals surface area contributed by atoms with E-state index in [1.165, 1.54) is 5.39 Å². The third-order valence-electron chi connectivity index (χ3n) is 9.54. The van der Waals surface area contributed by atoms with Crippen LogP contribution in [0.1, 0.15) is 0 Å². The summed E-state index contributed by atoms with van der Waals surface area (Å²) in [5.74, 6) is 0. The molecule has 11 rings (SSSR count). The van der Waals surface area contributed by atoms with Gasteiger partial charge in [0.15, 0.2) is 0 Å². The Kier molecular flexibility index (Phi) is 4.52. The predicted molar refractivity (Wildman–Crippen MR) is 187 cm³/mol. The molecule has 5 heteroatoms. The second-order valence-corrected chi connectivity index (χ2v) is 12.0. The molecule has 11 aromatic rings. The van der Waals surface area contributed by atoms with Crippen molar-refractivity contribution in [2.45, 2.75) is 0 Å². The van der Waals surface area contributed by atoms with Gasteiger partial charge in [0.1, 0.15) is 16.7 Å². The van der Waals surface area contributed by atoms with Crippen LogP contribution in [-0.2, 0) is 0 Å². The molecule has 5 heterocycles. The van der Waals surface area contributed by atoms with Crippen LogP contribution in [0, 0.1) is 0 Å². The van der Waals surface area contributed by atoms with E-state index in [9.17, 15) is 0 Å². The minimum atomic E-state index is 0.824. The average Bonchev–Trinajstić information content (AvgIpc) is 3.84. The number of hydrogen-bond acceptors (Lipinski definition) is 3. The van der Waals surface area contributed by atoms with Gasteiger partial charge in [0.2, 0.25) is 5.71 Å². The lowest BCUT2D eigenvalue weighted by molar-refractivity contribution is 0.645. The fourth-order valence-electron chi connectivity index (χ4n) is 7.60. The average molecular weight is 590 g/mol. The monoisotopic (exact) mass is 589 g/mol. The summed E-state index contributed by atoms with van der Waals surface area (Å²) in [6.07, 6.45) is 2.01. The Morgan fingerprint density at radius 3 is 2.11 bits per heavy atom. The Balaban J connectivity index is 1.25. The molecule has 0 bridgehead atoms. The molecule has 5 aromatic heterocycles. The van der Waals surface area contributed by atoms with E-state index < -0.39 is 0 Å². The molecule has 0 saturated heterocycles. The van der Waals surface area contributed by atoms with E-state index in [4.69, 9.17) is 13.8 Å². The van der Waals surface area contributed by atoms with Crippen LogP contribution >= 0.6 is 0 Å². The fourth-order valence-corrected chi connectivity index (χ4v) is 7.60. The van der Waals surface area contributed by atoms with Gasteiger partial charge in [-0.2, -0.15) is 0 Å². The summed E-state index contributed by atoms with van der Waals surface area (Å²) in [6.45, 7) is 0. The van der Waals surface area contributed by atoms with Gasteiger partial charge in [-0.25, -0.2) is 0 Å². The van der Waals surface area contributed by atoms with E-state index in [1.54, 1.807) is 0 Å². The summed E-state index contributed by atoms with van der Waals surface area (Å²) in [4.78, 5) is 4.87. The molecule has 0 saturated carbocycles. The van der Waals surface area contributed by atoms with Crippen molar-refractivity contribution in [2.24, 2.45) is 0 Å². The number of rotatable bonds is 2. The molecule has 0 fully saturated rings. The van der Waals surface area contributed by atoms with Crippen molar-refractivity contribution in [1.82, 2.24) is 14.0 Å². The third kappa shape index (κ3) is 3.06. The van der Waals surface area contributed by atoms with Crippen molar-refractivity contribution in [3.8, 4) is 16.8 Å². The smallest absolute Gasteiger partial charge is 0.213 e. The highest BCUT2D eigenvalue weighted by Gasteiger charge is 2.22. The van der Waals surface area contributed by atoms with Crippen LogP contribution in [-0.4, -0.2) is 14.0 Å². The Hall–Kier alpha value is -6.33. The molecule has 0 aliphatic rings. The fraction of sp³-hybridized carbons (Fsp3) is 0. The highest BCUT2D eigenvalue weighted by Crippen LogP contribution is 2.43. The van der Waals surface area contributed by atoms with Crippen molar-refractivity contribution >= 4 is 82.4 Å². The first-order valence-electron chi connectivity index (χ1n) is 15.5. The zero-order chi connectivity index (χ0) is 29.9. The van der Waals surface area contributed by atoms with Crippen molar-refractivity contribution < 1.29 is 8.83 Å². The number of fused-ring (bicyclic) bond motifs is 13. The molecule has 0 amide bonds. The zero-order valence-electron chi connectivity index (χ0n) is 24.4. The van der Waals surface area contributed by atoms with Crippen LogP contribution in [0.15, 0.2) is 148 Å². The van der Waals surface area contributed by atoms with Crippen molar-refractivity contribution in [3.05, 3.63) is 140 Å². The van der Waals surface area contributed by atoms with Crippen LogP contribution in [0.2, 0.25) is 0 Å². The molecular weight excluding hydrogens is 566 g/mol. The van der Waals surface area contributed by atoms with Gasteiger partial charge in [0.05, 0.1) is 39.2 Å². The highest BCUT2D eigenvalue weighted by molar-refractivity contribution is 6.23. The van der Waals surface area contributed by atoms with Crippen molar-refractivity contribution in [3.63, 3.8) is 0 Å². The van der Waals surface area contributed by atoms with E-state index in [0.717, 1.165) is 93.8 Å². The first kappa shape index (κ1) is 24.0. The maximum atomic E-state index is 6.65. The van der Waals surface area contributed by atoms with Gasteiger partial charge in [0.25, 0.3) is 0 Å². The van der Waals surface area contributed by atoms with Crippen LogP contribution in [0.5, 0.6) is 0 Å². The standard InChI is InChI=1S/C41H23N3O2/c1-5-16-32-27(13-1)39(35-23-42-31-15-4-6-17-33(31)44(32)35)24-10-9-11-25(20-24)43-34-21-29-26-12-2-7-18-36(26)45-38(29)22-30(34)40-28-14-3-8-19-37(28)46-41(40)43/h1-23H. The van der Waals surface area contributed by atoms with Crippen molar-refractivity contribution in [1.29, 1.82) is 0 Å². The van der Waals surface area contributed by atoms with E-state index in [2.05, 4.69) is 112 Å². The second-order valence-electron chi connectivity index (χ2n) is 12.0. The lowest BCUT2D eigenvalue weighted by Gasteiger charge is -2.10. The first-order chi connectivity index (χ1) is 22.8. The van der Waals surface area contributed by atoms with Crippen LogP contribution in [0.3, 0.4) is 0 Å². The van der Waals surface area contributed by atoms with Gasteiger partial charge in [-0.05, 0) is 60.2 Å². The molecular formula is C41H23N3O2. The number of benzene rings is 6. The molecule has 0 radical (unpaired) electrons. The number of hydrogen-bond donors (Lipinski definition) is 0. The molecule has 0 N–H and O–H groups in total. The molecule has 6 aromatic carbocycles. The number of para-hydroxylation sites is 5. The highest BCUT2D eigenvalue weighted by atomic mass is 16.3. The molecule has 46 heavy (non-hydrogen) atoms.